The van der Waals surface area contributed by atoms with Crippen LogP contribution in [0.1, 0.15) is 33.9 Å². The van der Waals surface area contributed by atoms with E-state index < -0.39 is 94.7 Å². The minimum absolute atomic E-state index is 0.174. The van der Waals surface area contributed by atoms with Gasteiger partial charge in [0.1, 0.15) is 36.3 Å². The number of hydrogen-bond donors (Lipinski definition) is 3. The minimum Gasteiger partial charge on any atom is -0.455 e. The Morgan fingerprint density at radius 2 is 1.55 bits per heavy atom. The van der Waals surface area contributed by atoms with E-state index in [0.29, 0.717) is 11.2 Å². The van der Waals surface area contributed by atoms with E-state index in [0.717, 1.165) is 0 Å². The third-order valence-electron chi connectivity index (χ3n) is 7.02. The molecule has 6 unspecified atom stereocenters. The van der Waals surface area contributed by atoms with Crippen molar-refractivity contribution in [2.45, 2.75) is 82.1 Å². The second-order valence-electron chi connectivity index (χ2n) is 11.2. The molecule has 6 rings (SSSR count). The highest BCUT2D eigenvalue weighted by atomic mass is 31.2. The van der Waals surface area contributed by atoms with Gasteiger partial charge in [-0.15, -0.1) is 0 Å². The van der Waals surface area contributed by atoms with Gasteiger partial charge in [0.05, 0.1) is 19.5 Å². The summed E-state index contributed by atoms with van der Waals surface area (Å²) < 4.78 is 71.8. The Kier molecular flexibility index (Phi) is 7.31. The summed E-state index contributed by atoms with van der Waals surface area (Å²) in [5, 5.41) is 0. The molecule has 42 heavy (non-hydrogen) atoms. The fourth-order valence-electron chi connectivity index (χ4n) is 5.42. The first-order valence-corrected chi connectivity index (χ1v) is 16.5. The number of anilines is 1. The van der Waals surface area contributed by atoms with E-state index in [1.807, 2.05) is 0 Å². The van der Waals surface area contributed by atoms with E-state index in [2.05, 4.69) is 15.0 Å². The van der Waals surface area contributed by atoms with Crippen molar-refractivity contribution in [1.82, 2.24) is 19.5 Å². The third-order valence-corrected chi connectivity index (χ3v) is 11.0. The van der Waals surface area contributed by atoms with E-state index in [-0.39, 0.29) is 5.82 Å². The van der Waals surface area contributed by atoms with Crippen molar-refractivity contribution in [2.75, 3.05) is 24.9 Å². The van der Waals surface area contributed by atoms with Crippen LogP contribution in [0.4, 0.5) is 5.82 Å². The van der Waals surface area contributed by atoms with Gasteiger partial charge < -0.3 is 53.0 Å². The third kappa shape index (κ3) is 5.74. The van der Waals surface area contributed by atoms with Crippen molar-refractivity contribution in [2.24, 2.45) is 0 Å². The molecule has 0 aliphatic carbocycles. The molecule has 20 heteroatoms. The Hall–Kier alpha value is -2.08. The summed E-state index contributed by atoms with van der Waals surface area (Å²) in [7, 11) is -9.41. The molecule has 4 N–H and O–H groups in total. The topological polar surface area (TPSA) is 235 Å². The van der Waals surface area contributed by atoms with E-state index >= 15 is 0 Å². The predicted octanol–water partition coefficient (Wildman–Crippen LogP) is 0.633. The molecule has 4 aliphatic rings. The summed E-state index contributed by atoms with van der Waals surface area (Å²) in [5.74, 6) is -3.82. The van der Waals surface area contributed by atoms with Gasteiger partial charge in [0.15, 0.2) is 47.4 Å². The van der Waals surface area contributed by atoms with Crippen LogP contribution < -0.4 is 5.73 Å². The number of esters is 1. The van der Waals surface area contributed by atoms with E-state index in [1.165, 1.54) is 12.7 Å². The number of imidazole rings is 1. The summed E-state index contributed by atoms with van der Waals surface area (Å²) >= 11 is 0. The molecule has 0 spiro atoms. The first kappa shape index (κ1) is 30.0. The molecule has 232 valence electrons. The average Bonchev–Trinajstić information content (AvgIpc) is 3.64. The first-order valence-electron chi connectivity index (χ1n) is 13.0. The molecule has 9 atom stereocenters. The van der Waals surface area contributed by atoms with Gasteiger partial charge in [0.2, 0.25) is 0 Å². The largest absolute Gasteiger partial charge is 0.455 e. The van der Waals surface area contributed by atoms with E-state index in [4.69, 9.17) is 43.2 Å². The minimum atomic E-state index is -4.71. The molecule has 0 saturated carbocycles. The molecule has 0 radical (unpaired) electrons. The maximum absolute atomic E-state index is 12.9. The van der Waals surface area contributed by atoms with Gasteiger partial charge in [-0.2, -0.15) is 0 Å². The Balaban J connectivity index is 1.09. The smallest absolute Gasteiger partial charge is 0.340 e. The highest BCUT2D eigenvalue weighted by Gasteiger charge is 2.58. The second-order valence-corrected chi connectivity index (χ2v) is 15.4. The number of carbonyl (C=O) groups is 1. The van der Waals surface area contributed by atoms with Crippen LogP contribution in [0.15, 0.2) is 12.7 Å². The molecule has 2 aromatic rings. The fraction of sp³-hybridized carbons (Fsp3) is 0.727. The molecule has 0 aromatic carbocycles. The number of nitrogens with two attached hydrogens (primary N) is 1. The molecule has 18 nitrogen and oxygen atoms in total. The lowest BCUT2D eigenvalue weighted by Crippen LogP contribution is -2.33. The van der Waals surface area contributed by atoms with Crippen molar-refractivity contribution in [3.63, 3.8) is 0 Å². The van der Waals surface area contributed by atoms with Crippen LogP contribution in [0.3, 0.4) is 0 Å². The Labute approximate surface area is 238 Å². The molecule has 6 heterocycles. The number of hydrogen-bond acceptors (Lipinski definition) is 15. The monoisotopic (exact) mass is 635 g/mol. The molecular weight excluding hydrogens is 604 g/mol. The number of cyclic esters (lactones) is 1. The van der Waals surface area contributed by atoms with Crippen LogP contribution in [0, 0.1) is 0 Å². The zero-order valence-corrected chi connectivity index (χ0v) is 24.8. The number of aromatic nitrogens is 4. The zero-order chi connectivity index (χ0) is 30.2. The van der Waals surface area contributed by atoms with Crippen molar-refractivity contribution < 1.29 is 61.2 Å². The van der Waals surface area contributed by atoms with Crippen LogP contribution in [-0.4, -0.2) is 103 Å². The number of fused-ring (bicyclic) bond motifs is 3. The molecule has 4 aliphatic heterocycles. The Bertz CT molecular complexity index is 1490. The maximum Gasteiger partial charge on any atom is 0.340 e. The summed E-state index contributed by atoms with van der Waals surface area (Å²) in [6.45, 7) is 5.57. The highest BCUT2D eigenvalue weighted by molar-refractivity contribution is 7.70. The van der Waals surface area contributed by atoms with E-state index in [1.54, 1.807) is 32.3 Å². The molecule has 0 bridgehead atoms. The molecule has 4 fully saturated rings. The number of ether oxygens (including phenoxy) is 6. The average molecular weight is 635 g/mol. The number of nitrogen functional groups attached to an aromatic ring is 1. The van der Waals surface area contributed by atoms with Crippen molar-refractivity contribution >= 4 is 38.1 Å². The van der Waals surface area contributed by atoms with Crippen LogP contribution in [0.5, 0.6) is 0 Å². The number of rotatable bonds is 9. The predicted molar refractivity (Wildman–Crippen MR) is 138 cm³/mol. The van der Waals surface area contributed by atoms with Gasteiger partial charge in [0.25, 0.3) is 0 Å². The first-order chi connectivity index (χ1) is 19.5. The van der Waals surface area contributed by atoms with Gasteiger partial charge in [-0.3, -0.25) is 13.7 Å². The number of nitrogens with zero attached hydrogens (tertiary/aromatic N) is 4. The lowest BCUT2D eigenvalue weighted by atomic mass is 10.1. The maximum atomic E-state index is 12.9. The van der Waals surface area contributed by atoms with Gasteiger partial charge in [-0.25, -0.2) is 19.7 Å². The fourth-order valence-corrected chi connectivity index (χ4v) is 8.64. The SMILES string of the molecule is CC1(C)OC2C(=O)O[C@H](COP(=O)(O)CP(=O)(O)OC[C@H]3O[C@@H](n4cnc5c(N)ncnc54)C4OC(C)(C)OC43)C2O1. The second kappa shape index (κ2) is 10.2. The Morgan fingerprint density at radius 3 is 2.26 bits per heavy atom. The number of carbonyl (C=O) groups excluding carboxylic acids is 1. The van der Waals surface area contributed by atoms with Gasteiger partial charge in [-0.05, 0) is 27.7 Å². The summed E-state index contributed by atoms with van der Waals surface area (Å²) in [5.41, 5.74) is 6.63. The van der Waals surface area contributed by atoms with Gasteiger partial charge >= 0.3 is 21.2 Å². The lowest BCUT2D eigenvalue weighted by molar-refractivity contribution is -0.199. The van der Waals surface area contributed by atoms with Crippen LogP contribution >= 0.6 is 15.2 Å². The molecule has 4 saturated heterocycles. The summed E-state index contributed by atoms with van der Waals surface area (Å²) in [4.78, 5) is 45.2. The van der Waals surface area contributed by atoms with Crippen molar-refractivity contribution in [1.29, 1.82) is 0 Å². The molecular formula is C22H31N5O13P2. The molecule has 0 amide bonds. The van der Waals surface area contributed by atoms with Crippen molar-refractivity contribution in [3.8, 4) is 0 Å². The summed E-state index contributed by atoms with van der Waals surface area (Å²) in [6, 6.07) is 0. The van der Waals surface area contributed by atoms with Crippen LogP contribution in [0.25, 0.3) is 11.2 Å². The van der Waals surface area contributed by atoms with Crippen molar-refractivity contribution in [3.05, 3.63) is 12.7 Å². The Morgan fingerprint density at radius 1 is 0.929 bits per heavy atom. The molecule has 2 aromatic heterocycles. The zero-order valence-electron chi connectivity index (χ0n) is 23.0. The van der Waals surface area contributed by atoms with Gasteiger partial charge in [-0.1, -0.05) is 0 Å². The van der Waals surface area contributed by atoms with Crippen LogP contribution in [0.2, 0.25) is 0 Å². The van der Waals surface area contributed by atoms with Crippen LogP contribution in [-0.2, 0) is 51.4 Å². The normalized spacial score (nSPS) is 36.0. The lowest BCUT2D eigenvalue weighted by Gasteiger charge is -2.25. The quantitative estimate of drug-likeness (QED) is 0.253. The standard InChI is InChI=1S/C22H31N5O13P2/c1-21(2)37-13-10(35-19(15(13)39-21)27-8-26-12-17(23)24-7-25-18(12)27)5-33-41(29,30)9-42(31,32)34-6-11-14-16(20(28)36-11)40-22(3,4)38-14/h7-8,10-11,13-16,19H,5-6,9H2,1-4H3,(H,29,30)(H,31,32)(H2,23,24,25)/t10-,11-,13?,14?,15?,16?,19-/m1/s1. The van der Waals surface area contributed by atoms with Gasteiger partial charge in [0, 0.05) is 0 Å². The van der Waals surface area contributed by atoms with E-state index in [9.17, 15) is 23.7 Å². The summed E-state index contributed by atoms with van der Waals surface area (Å²) in [6.07, 6.45) is -3.34. The highest BCUT2D eigenvalue weighted by Crippen LogP contribution is 2.59.